The number of aromatic carboxylic acids is 1. The molecular weight excluding hydrogens is 362 g/mol. The van der Waals surface area contributed by atoms with Crippen LogP contribution in [0, 0.1) is 0 Å². The van der Waals surface area contributed by atoms with Gasteiger partial charge < -0.3 is 19.7 Å². The van der Waals surface area contributed by atoms with Crippen LogP contribution in [0.25, 0.3) is 0 Å². The summed E-state index contributed by atoms with van der Waals surface area (Å²) in [5.74, 6) is -0.548. The average Bonchev–Trinajstić information content (AvgIpc) is 3.36. The van der Waals surface area contributed by atoms with Crippen LogP contribution >= 0.6 is 0 Å². The first-order valence-corrected chi connectivity index (χ1v) is 8.79. The van der Waals surface area contributed by atoms with E-state index >= 15 is 0 Å². The molecule has 3 aromatic rings. The summed E-state index contributed by atoms with van der Waals surface area (Å²) >= 11 is 0. The van der Waals surface area contributed by atoms with Gasteiger partial charge in [0.2, 0.25) is 0 Å². The van der Waals surface area contributed by atoms with E-state index in [1.807, 2.05) is 24.3 Å². The third kappa shape index (κ3) is 3.22. The number of fused-ring (bicyclic) bond motifs is 1. The number of methoxy groups -OCH3 is 1. The summed E-state index contributed by atoms with van der Waals surface area (Å²) in [5, 5.41) is 13.9. The van der Waals surface area contributed by atoms with E-state index in [0.717, 1.165) is 17.0 Å². The summed E-state index contributed by atoms with van der Waals surface area (Å²) in [7, 11) is 1.61. The van der Waals surface area contributed by atoms with Crippen LogP contribution in [-0.2, 0) is 19.5 Å². The minimum Gasteiger partial charge on any atom is -0.497 e. The molecule has 144 valence electrons. The van der Waals surface area contributed by atoms with Crippen molar-refractivity contribution in [2.45, 2.75) is 19.5 Å². The molecule has 1 aliphatic rings. The lowest BCUT2D eigenvalue weighted by molar-refractivity contribution is 0.0673. The van der Waals surface area contributed by atoms with Gasteiger partial charge in [0.05, 0.1) is 32.7 Å². The molecule has 0 unspecified atom stereocenters. The predicted molar refractivity (Wildman–Crippen MR) is 98.3 cm³/mol. The van der Waals surface area contributed by atoms with Crippen molar-refractivity contribution < 1.29 is 19.4 Å². The van der Waals surface area contributed by atoms with Crippen molar-refractivity contribution in [1.82, 2.24) is 24.6 Å². The fraction of sp³-hybridized carbons (Fsp3) is 0.263. The van der Waals surface area contributed by atoms with Gasteiger partial charge in [-0.1, -0.05) is 12.1 Å². The van der Waals surface area contributed by atoms with Crippen molar-refractivity contribution in [2.24, 2.45) is 0 Å². The highest BCUT2D eigenvalue weighted by Crippen LogP contribution is 2.25. The molecule has 0 fully saturated rings. The molecule has 2 aromatic heterocycles. The van der Waals surface area contributed by atoms with E-state index in [1.54, 1.807) is 16.7 Å². The fourth-order valence-corrected chi connectivity index (χ4v) is 3.41. The van der Waals surface area contributed by atoms with Gasteiger partial charge in [-0.25, -0.2) is 9.78 Å². The zero-order valence-corrected chi connectivity index (χ0v) is 15.3. The molecule has 0 bridgehead atoms. The number of benzene rings is 1. The number of aromatic amines is 1. The van der Waals surface area contributed by atoms with E-state index in [-0.39, 0.29) is 18.1 Å². The first-order chi connectivity index (χ1) is 13.6. The Morgan fingerprint density at radius 2 is 2.07 bits per heavy atom. The third-order valence-electron chi connectivity index (χ3n) is 4.84. The molecule has 2 N–H and O–H groups in total. The number of hydrogen-bond acceptors (Lipinski definition) is 5. The van der Waals surface area contributed by atoms with Crippen LogP contribution in [0.1, 0.15) is 37.8 Å². The van der Waals surface area contributed by atoms with E-state index in [0.29, 0.717) is 30.8 Å². The number of carbonyl (C=O) groups is 2. The standard InChI is InChI=1S/C19H19N5O4/c1-28-13-4-2-12(3-5-13)9-24-16-6-7-23(18(25)15-8-20-11-21-15)10-14(16)17(22-24)19(26)27/h2-5,8,11H,6-7,9-10H2,1H3,(H,20,21)(H,26,27). The van der Waals surface area contributed by atoms with Crippen molar-refractivity contribution in [1.29, 1.82) is 0 Å². The minimum absolute atomic E-state index is 0.00868. The van der Waals surface area contributed by atoms with Crippen LogP contribution in [0.15, 0.2) is 36.8 Å². The first kappa shape index (κ1) is 17.8. The third-order valence-corrected chi connectivity index (χ3v) is 4.84. The Morgan fingerprint density at radius 3 is 2.71 bits per heavy atom. The van der Waals surface area contributed by atoms with Gasteiger partial charge in [0, 0.05) is 24.2 Å². The molecule has 1 aromatic carbocycles. The maximum Gasteiger partial charge on any atom is 0.356 e. The lowest BCUT2D eigenvalue weighted by atomic mass is 10.0. The predicted octanol–water partition coefficient (Wildman–Crippen LogP) is 1.56. The van der Waals surface area contributed by atoms with Crippen molar-refractivity contribution in [3.63, 3.8) is 0 Å². The molecule has 28 heavy (non-hydrogen) atoms. The van der Waals surface area contributed by atoms with E-state index in [1.165, 1.54) is 12.5 Å². The molecule has 9 heteroatoms. The Kier molecular flexibility index (Phi) is 4.56. The molecule has 0 saturated heterocycles. The number of H-pyrrole nitrogens is 1. The quantitative estimate of drug-likeness (QED) is 0.693. The summed E-state index contributed by atoms with van der Waals surface area (Å²) in [6.07, 6.45) is 3.44. The van der Waals surface area contributed by atoms with Crippen LogP contribution in [-0.4, -0.2) is 55.3 Å². The highest BCUT2D eigenvalue weighted by molar-refractivity contribution is 5.93. The van der Waals surface area contributed by atoms with Crippen molar-refractivity contribution >= 4 is 11.9 Å². The maximum absolute atomic E-state index is 12.6. The number of rotatable bonds is 5. The topological polar surface area (TPSA) is 113 Å². The maximum atomic E-state index is 12.6. The largest absolute Gasteiger partial charge is 0.497 e. The number of imidazole rings is 1. The minimum atomic E-state index is -1.10. The molecule has 9 nitrogen and oxygen atoms in total. The van der Waals surface area contributed by atoms with Gasteiger partial charge >= 0.3 is 5.97 Å². The number of nitrogens with one attached hydrogen (secondary N) is 1. The molecule has 1 aliphatic heterocycles. The molecule has 0 spiro atoms. The monoisotopic (exact) mass is 381 g/mol. The zero-order chi connectivity index (χ0) is 19.7. The molecule has 0 saturated carbocycles. The van der Waals surface area contributed by atoms with Gasteiger partial charge in [-0.2, -0.15) is 5.10 Å². The molecule has 0 radical (unpaired) electrons. The summed E-state index contributed by atoms with van der Waals surface area (Å²) in [4.78, 5) is 32.6. The van der Waals surface area contributed by atoms with Crippen LogP contribution < -0.4 is 4.74 Å². The van der Waals surface area contributed by atoms with Crippen molar-refractivity contribution in [3.8, 4) is 5.75 Å². The summed E-state index contributed by atoms with van der Waals surface area (Å²) in [6, 6.07) is 7.55. The van der Waals surface area contributed by atoms with Gasteiger partial charge in [0.1, 0.15) is 11.4 Å². The molecule has 0 aliphatic carbocycles. The summed E-state index contributed by atoms with van der Waals surface area (Å²) in [6.45, 7) is 1.14. The zero-order valence-electron chi connectivity index (χ0n) is 15.3. The molecule has 0 atom stereocenters. The number of nitrogens with zero attached hydrogens (tertiary/aromatic N) is 4. The molecular formula is C19H19N5O4. The Balaban J connectivity index is 1.62. The molecule has 4 rings (SSSR count). The lowest BCUT2D eigenvalue weighted by Gasteiger charge is -2.27. The Hall–Kier alpha value is -3.62. The number of carboxylic acid groups (broad SMARTS) is 1. The van der Waals surface area contributed by atoms with Crippen molar-refractivity contribution in [2.75, 3.05) is 13.7 Å². The average molecular weight is 381 g/mol. The van der Waals surface area contributed by atoms with Crippen LogP contribution in [0.3, 0.4) is 0 Å². The Bertz CT molecular complexity index is 1010. The van der Waals surface area contributed by atoms with Gasteiger partial charge in [0.15, 0.2) is 5.69 Å². The van der Waals surface area contributed by atoms with E-state index in [2.05, 4.69) is 15.1 Å². The van der Waals surface area contributed by atoms with Crippen LogP contribution in [0.2, 0.25) is 0 Å². The lowest BCUT2D eigenvalue weighted by Crippen LogP contribution is -2.37. The first-order valence-electron chi connectivity index (χ1n) is 8.79. The number of ether oxygens (including phenoxy) is 1. The van der Waals surface area contributed by atoms with E-state index in [9.17, 15) is 14.7 Å². The van der Waals surface area contributed by atoms with Crippen molar-refractivity contribution in [3.05, 3.63) is 65.0 Å². The summed E-state index contributed by atoms with van der Waals surface area (Å²) in [5.41, 5.74) is 2.79. The van der Waals surface area contributed by atoms with Gasteiger partial charge in [0.25, 0.3) is 5.91 Å². The van der Waals surface area contributed by atoms with Gasteiger partial charge in [-0.3, -0.25) is 9.48 Å². The molecule has 3 heterocycles. The number of amides is 1. The van der Waals surface area contributed by atoms with Crippen LogP contribution in [0.4, 0.5) is 0 Å². The Morgan fingerprint density at radius 1 is 1.29 bits per heavy atom. The highest BCUT2D eigenvalue weighted by Gasteiger charge is 2.30. The smallest absolute Gasteiger partial charge is 0.356 e. The Labute approximate surface area is 160 Å². The second kappa shape index (κ2) is 7.18. The SMILES string of the molecule is COc1ccc(Cn2nc(C(=O)O)c3c2CCN(C(=O)c2cnc[nH]2)C3)cc1. The van der Waals surface area contributed by atoms with Gasteiger partial charge in [-0.05, 0) is 17.7 Å². The number of hydrogen-bond donors (Lipinski definition) is 2. The number of carboxylic acids is 1. The fourth-order valence-electron chi connectivity index (χ4n) is 3.41. The second-order valence-corrected chi connectivity index (χ2v) is 6.53. The number of aromatic nitrogens is 4. The second-order valence-electron chi connectivity index (χ2n) is 6.53. The summed E-state index contributed by atoms with van der Waals surface area (Å²) < 4.78 is 6.89. The van der Waals surface area contributed by atoms with Crippen LogP contribution in [0.5, 0.6) is 5.75 Å². The highest BCUT2D eigenvalue weighted by atomic mass is 16.5. The van der Waals surface area contributed by atoms with E-state index < -0.39 is 5.97 Å². The normalized spacial score (nSPS) is 13.2. The van der Waals surface area contributed by atoms with E-state index in [4.69, 9.17) is 4.74 Å². The molecule has 1 amide bonds. The number of carbonyl (C=O) groups excluding carboxylic acids is 1. The van der Waals surface area contributed by atoms with Gasteiger partial charge in [-0.15, -0.1) is 0 Å².